The Bertz CT molecular complexity index is 175. The van der Waals surface area contributed by atoms with Crippen molar-refractivity contribution in [1.82, 2.24) is 0 Å². The molecule has 1 unspecified atom stereocenters. The van der Waals surface area contributed by atoms with Crippen LogP contribution in [0.3, 0.4) is 0 Å². The summed E-state index contributed by atoms with van der Waals surface area (Å²) in [5, 5.41) is 0. The Kier molecular flexibility index (Phi) is 5.77. The SMILES string of the molecule is CCOC(=O)CC(C)OC(C)(C)CC. The van der Waals surface area contributed by atoms with Gasteiger partial charge in [0.05, 0.1) is 24.7 Å². The highest BCUT2D eigenvalue weighted by molar-refractivity contribution is 5.69. The van der Waals surface area contributed by atoms with Crippen molar-refractivity contribution in [3.05, 3.63) is 0 Å². The van der Waals surface area contributed by atoms with Gasteiger partial charge in [-0.2, -0.15) is 0 Å². The van der Waals surface area contributed by atoms with Gasteiger partial charge in [0.25, 0.3) is 0 Å². The van der Waals surface area contributed by atoms with E-state index >= 15 is 0 Å². The molecule has 0 aromatic rings. The maximum absolute atomic E-state index is 11.1. The van der Waals surface area contributed by atoms with Crippen LogP contribution in [-0.4, -0.2) is 24.3 Å². The molecular formula is C11H22O3. The summed E-state index contributed by atoms with van der Waals surface area (Å²) in [6.45, 7) is 10.2. The average molecular weight is 202 g/mol. The number of hydrogen-bond acceptors (Lipinski definition) is 3. The summed E-state index contributed by atoms with van der Waals surface area (Å²) < 4.78 is 10.5. The number of hydrogen-bond donors (Lipinski definition) is 0. The van der Waals surface area contributed by atoms with Crippen molar-refractivity contribution >= 4 is 5.97 Å². The normalized spacial score (nSPS) is 13.8. The lowest BCUT2D eigenvalue weighted by molar-refractivity contribution is -0.149. The molecule has 0 aromatic carbocycles. The van der Waals surface area contributed by atoms with Crippen molar-refractivity contribution < 1.29 is 14.3 Å². The average Bonchev–Trinajstić information content (AvgIpc) is 2.03. The van der Waals surface area contributed by atoms with Crippen LogP contribution in [0.1, 0.15) is 47.5 Å². The molecule has 0 saturated carbocycles. The van der Waals surface area contributed by atoms with Crippen LogP contribution in [0.2, 0.25) is 0 Å². The smallest absolute Gasteiger partial charge is 0.308 e. The lowest BCUT2D eigenvalue weighted by Crippen LogP contribution is -2.30. The molecule has 0 fully saturated rings. The van der Waals surface area contributed by atoms with Crippen LogP contribution in [0.25, 0.3) is 0 Å². The van der Waals surface area contributed by atoms with Gasteiger partial charge in [0.1, 0.15) is 0 Å². The first kappa shape index (κ1) is 13.4. The number of carbonyl (C=O) groups excluding carboxylic acids is 1. The van der Waals surface area contributed by atoms with Crippen molar-refractivity contribution in [3.63, 3.8) is 0 Å². The van der Waals surface area contributed by atoms with E-state index < -0.39 is 0 Å². The van der Waals surface area contributed by atoms with Gasteiger partial charge in [-0.05, 0) is 34.1 Å². The molecule has 14 heavy (non-hydrogen) atoms. The van der Waals surface area contributed by atoms with Crippen molar-refractivity contribution in [2.75, 3.05) is 6.61 Å². The van der Waals surface area contributed by atoms with Crippen LogP contribution in [0.15, 0.2) is 0 Å². The third-order valence-corrected chi connectivity index (χ3v) is 2.13. The highest BCUT2D eigenvalue weighted by Gasteiger charge is 2.21. The van der Waals surface area contributed by atoms with Gasteiger partial charge in [-0.1, -0.05) is 6.92 Å². The summed E-state index contributed by atoms with van der Waals surface area (Å²) in [6, 6.07) is 0. The Labute approximate surface area is 86.8 Å². The van der Waals surface area contributed by atoms with Gasteiger partial charge in [0.2, 0.25) is 0 Å². The molecule has 0 saturated heterocycles. The van der Waals surface area contributed by atoms with Gasteiger partial charge in [-0.3, -0.25) is 4.79 Å². The zero-order valence-corrected chi connectivity index (χ0v) is 9.92. The Hall–Kier alpha value is -0.570. The molecule has 0 heterocycles. The minimum absolute atomic E-state index is 0.0796. The predicted molar refractivity (Wildman–Crippen MR) is 56.2 cm³/mol. The van der Waals surface area contributed by atoms with E-state index in [0.717, 1.165) is 6.42 Å². The van der Waals surface area contributed by atoms with E-state index in [0.29, 0.717) is 13.0 Å². The molecule has 0 amide bonds. The molecule has 0 aliphatic carbocycles. The fourth-order valence-electron chi connectivity index (χ4n) is 1.12. The second-order valence-corrected chi connectivity index (χ2v) is 4.05. The zero-order chi connectivity index (χ0) is 11.2. The third kappa shape index (κ3) is 5.97. The summed E-state index contributed by atoms with van der Waals surface area (Å²) in [7, 11) is 0. The number of esters is 1. The minimum Gasteiger partial charge on any atom is -0.466 e. The summed E-state index contributed by atoms with van der Waals surface area (Å²) in [4.78, 5) is 11.1. The van der Waals surface area contributed by atoms with Gasteiger partial charge in [0.15, 0.2) is 0 Å². The van der Waals surface area contributed by atoms with Gasteiger partial charge in [-0.25, -0.2) is 0 Å². The first-order valence-electron chi connectivity index (χ1n) is 5.24. The molecule has 0 aliphatic rings. The van der Waals surface area contributed by atoms with Gasteiger partial charge in [0, 0.05) is 0 Å². The molecule has 0 N–H and O–H groups in total. The molecule has 0 aromatic heterocycles. The zero-order valence-electron chi connectivity index (χ0n) is 9.92. The lowest BCUT2D eigenvalue weighted by Gasteiger charge is -2.27. The van der Waals surface area contributed by atoms with Crippen LogP contribution in [0, 0.1) is 0 Å². The third-order valence-electron chi connectivity index (χ3n) is 2.13. The largest absolute Gasteiger partial charge is 0.466 e. The van der Waals surface area contributed by atoms with Crippen LogP contribution < -0.4 is 0 Å². The second kappa shape index (κ2) is 6.02. The number of rotatable bonds is 6. The van der Waals surface area contributed by atoms with Gasteiger partial charge < -0.3 is 9.47 Å². The molecule has 0 bridgehead atoms. The van der Waals surface area contributed by atoms with Crippen LogP contribution in [-0.2, 0) is 14.3 Å². The molecule has 0 spiro atoms. The van der Waals surface area contributed by atoms with E-state index in [-0.39, 0.29) is 17.7 Å². The lowest BCUT2D eigenvalue weighted by atomic mass is 10.1. The minimum atomic E-state index is -0.188. The van der Waals surface area contributed by atoms with Crippen molar-refractivity contribution in [1.29, 1.82) is 0 Å². The van der Waals surface area contributed by atoms with Crippen LogP contribution >= 0.6 is 0 Å². The molecule has 1 atom stereocenters. The fourth-order valence-corrected chi connectivity index (χ4v) is 1.12. The Balaban J connectivity index is 3.86. The summed E-state index contributed by atoms with van der Waals surface area (Å²) >= 11 is 0. The topological polar surface area (TPSA) is 35.5 Å². The highest BCUT2D eigenvalue weighted by atomic mass is 16.5. The molecular weight excluding hydrogens is 180 g/mol. The van der Waals surface area contributed by atoms with Crippen molar-refractivity contribution in [2.45, 2.75) is 59.2 Å². The Morgan fingerprint density at radius 1 is 1.36 bits per heavy atom. The summed E-state index contributed by atoms with van der Waals surface area (Å²) in [5.74, 6) is -0.188. The maximum atomic E-state index is 11.1. The molecule has 0 radical (unpaired) electrons. The summed E-state index contributed by atoms with van der Waals surface area (Å²) in [6.07, 6.45) is 1.18. The number of ether oxygens (including phenoxy) is 2. The monoisotopic (exact) mass is 202 g/mol. The van der Waals surface area contributed by atoms with E-state index in [9.17, 15) is 4.79 Å². The van der Waals surface area contributed by atoms with E-state index in [2.05, 4.69) is 6.92 Å². The molecule has 3 nitrogen and oxygen atoms in total. The van der Waals surface area contributed by atoms with Crippen molar-refractivity contribution in [2.24, 2.45) is 0 Å². The maximum Gasteiger partial charge on any atom is 0.308 e. The van der Waals surface area contributed by atoms with Crippen LogP contribution in [0.4, 0.5) is 0 Å². The first-order chi connectivity index (χ1) is 6.41. The predicted octanol–water partition coefficient (Wildman–Crippen LogP) is 2.53. The highest BCUT2D eigenvalue weighted by Crippen LogP contribution is 2.17. The Morgan fingerprint density at radius 2 is 1.93 bits per heavy atom. The summed E-state index contributed by atoms with van der Waals surface area (Å²) in [5.41, 5.74) is -0.161. The van der Waals surface area contributed by atoms with Crippen molar-refractivity contribution in [3.8, 4) is 0 Å². The number of carbonyl (C=O) groups is 1. The second-order valence-electron chi connectivity index (χ2n) is 4.05. The van der Waals surface area contributed by atoms with Crippen LogP contribution in [0.5, 0.6) is 0 Å². The molecule has 3 heteroatoms. The van der Waals surface area contributed by atoms with Gasteiger partial charge in [-0.15, -0.1) is 0 Å². The Morgan fingerprint density at radius 3 is 2.36 bits per heavy atom. The van der Waals surface area contributed by atoms with E-state index in [1.54, 1.807) is 6.92 Å². The standard InChI is InChI=1S/C11H22O3/c1-6-11(4,5)14-9(3)8-10(12)13-7-2/h9H,6-8H2,1-5H3. The van der Waals surface area contributed by atoms with E-state index in [1.165, 1.54) is 0 Å². The van der Waals surface area contributed by atoms with E-state index in [1.807, 2.05) is 20.8 Å². The fraction of sp³-hybridized carbons (Fsp3) is 0.909. The molecule has 0 rings (SSSR count). The van der Waals surface area contributed by atoms with E-state index in [4.69, 9.17) is 9.47 Å². The van der Waals surface area contributed by atoms with Gasteiger partial charge >= 0.3 is 5.97 Å². The quantitative estimate of drug-likeness (QED) is 0.621. The molecule has 84 valence electrons. The molecule has 0 aliphatic heterocycles. The first-order valence-corrected chi connectivity index (χ1v) is 5.24.